The fourth-order valence-electron chi connectivity index (χ4n) is 2.23. The Morgan fingerprint density at radius 1 is 1.15 bits per heavy atom. The van der Waals surface area contributed by atoms with E-state index < -0.39 is 24.8 Å². The van der Waals surface area contributed by atoms with Crippen molar-refractivity contribution in [3.8, 4) is 0 Å². The van der Waals surface area contributed by atoms with Gasteiger partial charge in [-0.3, -0.25) is 4.79 Å². The van der Waals surface area contributed by atoms with Gasteiger partial charge in [0.05, 0.1) is 24.7 Å². The number of ether oxygens (including phenoxy) is 3. The molecule has 1 rings (SSSR count). The molecule has 0 amide bonds. The quantitative estimate of drug-likeness (QED) is 0.369. The molecule has 0 aliphatic heterocycles. The number of benzene rings is 1. The highest BCUT2D eigenvalue weighted by Crippen LogP contribution is 2.26. The number of hydrogen-bond acceptors (Lipinski definition) is 7. The first kappa shape index (κ1) is 24.0. The van der Waals surface area contributed by atoms with Crippen molar-refractivity contribution in [3.63, 3.8) is 0 Å². The predicted octanol–water partition coefficient (Wildman–Crippen LogP) is 2.04. The van der Waals surface area contributed by atoms with Crippen molar-refractivity contribution in [1.29, 1.82) is 0 Å². The Labute approximate surface area is 154 Å². The Morgan fingerprint density at radius 2 is 1.81 bits per heavy atom. The molecule has 0 aliphatic carbocycles. The third-order valence-corrected chi connectivity index (χ3v) is 3.56. The molecule has 0 aromatic heterocycles. The number of hydrogen-bond donors (Lipinski definition) is 2. The summed E-state index contributed by atoms with van der Waals surface area (Å²) in [6.45, 7) is 9.13. The minimum atomic E-state index is -1.53. The summed E-state index contributed by atoms with van der Waals surface area (Å²) in [7, 11) is 0. The molecule has 2 unspecified atom stereocenters. The van der Waals surface area contributed by atoms with Gasteiger partial charge in [-0.25, -0.2) is 4.79 Å². The first-order chi connectivity index (χ1) is 12.5. The van der Waals surface area contributed by atoms with E-state index in [1.54, 1.807) is 25.1 Å². The third kappa shape index (κ3) is 7.95. The van der Waals surface area contributed by atoms with E-state index in [9.17, 15) is 19.8 Å². The standard InChI is InChI=1S/C15H20O6.C4H10O/c1-3-10-5-6-11(12(7-10)14(18)20-4-2)13(8-16)15(19)21-9-17;1-3-5-4-2/h5-7,9,13,15-16,19H,3-4,8H2,1-2H3;3-4H2,1-2H3. The second kappa shape index (κ2) is 14.2. The number of aliphatic hydroxyl groups excluding tert-OH is 2. The number of aryl methyl sites for hydroxylation is 1. The Kier molecular flexibility index (Phi) is 13.2. The molecular formula is C19H30O7. The molecule has 1 aromatic rings. The van der Waals surface area contributed by atoms with Crippen LogP contribution in [0.2, 0.25) is 0 Å². The summed E-state index contributed by atoms with van der Waals surface area (Å²) in [5.41, 5.74) is 1.55. The van der Waals surface area contributed by atoms with E-state index in [1.165, 1.54) is 0 Å². The Bertz CT molecular complexity index is 529. The first-order valence-electron chi connectivity index (χ1n) is 8.76. The zero-order chi connectivity index (χ0) is 19.9. The van der Waals surface area contributed by atoms with Gasteiger partial charge in [-0.2, -0.15) is 0 Å². The molecular weight excluding hydrogens is 340 g/mol. The fraction of sp³-hybridized carbons (Fsp3) is 0.579. The molecule has 0 radical (unpaired) electrons. The van der Waals surface area contributed by atoms with Gasteiger partial charge in [0.15, 0.2) is 0 Å². The summed E-state index contributed by atoms with van der Waals surface area (Å²) < 4.78 is 14.3. The minimum Gasteiger partial charge on any atom is -0.462 e. The Hall–Kier alpha value is -1.96. The highest BCUT2D eigenvalue weighted by molar-refractivity contribution is 5.91. The van der Waals surface area contributed by atoms with Crippen molar-refractivity contribution in [2.75, 3.05) is 26.4 Å². The molecule has 0 aliphatic rings. The number of carbonyl (C=O) groups is 2. The monoisotopic (exact) mass is 370 g/mol. The summed E-state index contributed by atoms with van der Waals surface area (Å²) in [6, 6.07) is 5.07. The Morgan fingerprint density at radius 3 is 2.23 bits per heavy atom. The normalized spacial score (nSPS) is 12.4. The van der Waals surface area contributed by atoms with Crippen LogP contribution < -0.4 is 0 Å². The van der Waals surface area contributed by atoms with Gasteiger partial charge in [0.25, 0.3) is 6.47 Å². The van der Waals surface area contributed by atoms with Crippen molar-refractivity contribution in [3.05, 3.63) is 34.9 Å². The molecule has 0 bridgehead atoms. The molecule has 0 saturated carbocycles. The number of esters is 1. The van der Waals surface area contributed by atoms with Crippen LogP contribution in [0, 0.1) is 0 Å². The topological polar surface area (TPSA) is 102 Å². The zero-order valence-corrected chi connectivity index (χ0v) is 15.9. The molecule has 0 spiro atoms. The predicted molar refractivity (Wildman–Crippen MR) is 96.9 cm³/mol. The molecule has 2 atom stereocenters. The maximum atomic E-state index is 12.0. The molecule has 0 heterocycles. The highest BCUT2D eigenvalue weighted by atomic mass is 16.6. The van der Waals surface area contributed by atoms with Crippen LogP contribution in [0.3, 0.4) is 0 Å². The van der Waals surface area contributed by atoms with Crippen LogP contribution in [0.5, 0.6) is 0 Å². The van der Waals surface area contributed by atoms with Crippen LogP contribution in [0.1, 0.15) is 55.1 Å². The molecule has 0 saturated heterocycles. The average Bonchev–Trinajstić information content (AvgIpc) is 2.64. The summed E-state index contributed by atoms with van der Waals surface area (Å²) >= 11 is 0. The van der Waals surface area contributed by atoms with Crippen molar-refractivity contribution in [2.24, 2.45) is 0 Å². The lowest BCUT2D eigenvalue weighted by Crippen LogP contribution is -2.26. The van der Waals surface area contributed by atoms with Gasteiger partial charge in [-0.15, -0.1) is 0 Å². The number of carbonyl (C=O) groups excluding carboxylic acids is 2. The highest BCUT2D eigenvalue weighted by Gasteiger charge is 2.27. The van der Waals surface area contributed by atoms with Crippen LogP contribution in [-0.2, 0) is 25.4 Å². The first-order valence-corrected chi connectivity index (χ1v) is 8.76. The van der Waals surface area contributed by atoms with Crippen LogP contribution in [0.15, 0.2) is 18.2 Å². The minimum absolute atomic E-state index is 0.0950. The third-order valence-electron chi connectivity index (χ3n) is 3.56. The van der Waals surface area contributed by atoms with Crippen LogP contribution >= 0.6 is 0 Å². The second-order valence-corrected chi connectivity index (χ2v) is 5.19. The largest absolute Gasteiger partial charge is 0.462 e. The van der Waals surface area contributed by atoms with Crippen molar-refractivity contribution < 1.29 is 34.0 Å². The van der Waals surface area contributed by atoms with Gasteiger partial charge in [0.2, 0.25) is 6.29 Å². The summed E-state index contributed by atoms with van der Waals surface area (Å²) in [5, 5.41) is 19.2. The van der Waals surface area contributed by atoms with Gasteiger partial charge in [0, 0.05) is 13.2 Å². The summed E-state index contributed by atoms with van der Waals surface area (Å²) in [4.78, 5) is 22.4. The van der Waals surface area contributed by atoms with E-state index in [0.29, 0.717) is 5.56 Å². The van der Waals surface area contributed by atoms with Gasteiger partial charge in [-0.05, 0) is 44.4 Å². The van der Waals surface area contributed by atoms with E-state index in [-0.39, 0.29) is 18.6 Å². The molecule has 26 heavy (non-hydrogen) atoms. The smallest absolute Gasteiger partial charge is 0.338 e. The van der Waals surface area contributed by atoms with E-state index in [4.69, 9.17) is 9.47 Å². The lowest BCUT2D eigenvalue weighted by atomic mass is 9.92. The lowest BCUT2D eigenvalue weighted by Gasteiger charge is -2.22. The summed E-state index contributed by atoms with van der Waals surface area (Å²) in [6.07, 6.45) is -0.808. The van der Waals surface area contributed by atoms with Crippen molar-refractivity contribution >= 4 is 12.4 Å². The van der Waals surface area contributed by atoms with Gasteiger partial charge < -0.3 is 24.4 Å². The number of rotatable bonds is 10. The van der Waals surface area contributed by atoms with Gasteiger partial charge >= 0.3 is 5.97 Å². The maximum absolute atomic E-state index is 12.0. The fourth-order valence-corrected chi connectivity index (χ4v) is 2.23. The maximum Gasteiger partial charge on any atom is 0.338 e. The van der Waals surface area contributed by atoms with Gasteiger partial charge in [-0.1, -0.05) is 19.1 Å². The molecule has 7 nitrogen and oxygen atoms in total. The number of aliphatic hydroxyl groups is 2. The summed E-state index contributed by atoms with van der Waals surface area (Å²) in [5.74, 6) is -1.46. The molecule has 0 fully saturated rings. The van der Waals surface area contributed by atoms with E-state index in [1.807, 2.05) is 20.8 Å². The lowest BCUT2D eigenvalue weighted by molar-refractivity contribution is -0.157. The van der Waals surface area contributed by atoms with E-state index in [0.717, 1.165) is 25.2 Å². The molecule has 148 valence electrons. The Balaban J connectivity index is 0.00000110. The van der Waals surface area contributed by atoms with E-state index >= 15 is 0 Å². The molecule has 1 aromatic carbocycles. The SMILES string of the molecule is CCOC(=O)c1cc(CC)ccc1C(CO)C(O)OC=O.CCOCC. The molecule has 2 N–H and O–H groups in total. The van der Waals surface area contributed by atoms with Crippen LogP contribution in [0.4, 0.5) is 0 Å². The van der Waals surface area contributed by atoms with Crippen LogP contribution in [0.25, 0.3) is 0 Å². The van der Waals surface area contributed by atoms with Gasteiger partial charge in [0.1, 0.15) is 0 Å². The van der Waals surface area contributed by atoms with Crippen molar-refractivity contribution in [2.45, 2.75) is 46.3 Å². The second-order valence-electron chi connectivity index (χ2n) is 5.19. The van der Waals surface area contributed by atoms with Crippen LogP contribution in [-0.4, -0.2) is 55.4 Å². The zero-order valence-electron chi connectivity index (χ0n) is 15.9. The van der Waals surface area contributed by atoms with Crippen molar-refractivity contribution in [1.82, 2.24) is 0 Å². The van der Waals surface area contributed by atoms with E-state index in [2.05, 4.69) is 4.74 Å². The average molecular weight is 370 g/mol. The molecule has 7 heteroatoms.